The lowest BCUT2D eigenvalue weighted by molar-refractivity contribution is 0.0913. The Balaban J connectivity index is 1.92. The Morgan fingerprint density at radius 3 is 2.43 bits per heavy atom. The molecule has 2 rings (SSSR count). The summed E-state index contributed by atoms with van der Waals surface area (Å²) in [5.74, 6) is -3.06. The normalized spacial score (nSPS) is 12.2. The molecule has 2 aromatic carbocycles. The van der Waals surface area contributed by atoms with Gasteiger partial charge >= 0.3 is 0 Å². The Hall–Kier alpha value is -1.92. The predicted molar refractivity (Wildman–Crippen MR) is 86.8 cm³/mol. The molecule has 0 bridgehead atoms. The van der Waals surface area contributed by atoms with Gasteiger partial charge in [-0.2, -0.15) is 8.78 Å². The van der Waals surface area contributed by atoms with Crippen molar-refractivity contribution in [3.63, 3.8) is 0 Å². The van der Waals surface area contributed by atoms with Crippen molar-refractivity contribution in [3.05, 3.63) is 65.7 Å². The minimum atomic E-state index is -2.59. The lowest BCUT2D eigenvalue weighted by Gasteiger charge is -2.13. The van der Waals surface area contributed by atoms with Gasteiger partial charge in [0.25, 0.3) is 11.7 Å². The Morgan fingerprint density at radius 2 is 1.74 bits per heavy atom. The highest BCUT2D eigenvalue weighted by atomic mass is 32.2. The molecule has 0 aromatic heterocycles. The maximum atomic E-state index is 12.5. The molecule has 0 saturated carbocycles. The van der Waals surface area contributed by atoms with E-state index in [1.807, 2.05) is 30.3 Å². The van der Waals surface area contributed by atoms with Gasteiger partial charge in [0.2, 0.25) is 0 Å². The van der Waals surface area contributed by atoms with E-state index in [0.717, 1.165) is 5.56 Å². The molecule has 1 unspecified atom stereocenters. The van der Waals surface area contributed by atoms with Gasteiger partial charge in [-0.3, -0.25) is 4.79 Å². The van der Waals surface area contributed by atoms with E-state index >= 15 is 0 Å². The van der Waals surface area contributed by atoms with Gasteiger partial charge in [-0.1, -0.05) is 54.2 Å². The average molecular weight is 337 g/mol. The summed E-state index contributed by atoms with van der Waals surface area (Å²) in [6.07, 6.45) is -0.328. The van der Waals surface area contributed by atoms with Crippen LogP contribution in [0.25, 0.3) is 0 Å². The minimum absolute atomic E-state index is 0.0570. The molecule has 0 aliphatic rings. The Kier molecular flexibility index (Phi) is 6.55. The molecule has 1 amide bonds. The van der Waals surface area contributed by atoms with Gasteiger partial charge in [0, 0.05) is 17.9 Å². The third kappa shape index (κ3) is 5.65. The third-order valence-electron chi connectivity index (χ3n) is 3.16. The zero-order chi connectivity index (χ0) is 16.7. The summed E-state index contributed by atoms with van der Waals surface area (Å²) in [6, 6.07) is 15.6. The molecule has 122 valence electrons. The van der Waals surface area contributed by atoms with E-state index in [2.05, 4.69) is 5.32 Å². The van der Waals surface area contributed by atoms with Gasteiger partial charge in [0.15, 0.2) is 0 Å². The first-order valence-corrected chi connectivity index (χ1v) is 7.98. The lowest BCUT2D eigenvalue weighted by Crippen LogP contribution is -2.33. The molecule has 6 heteroatoms. The van der Waals surface area contributed by atoms with Gasteiger partial charge in [-0.15, -0.1) is 0 Å². The fraction of sp³-hybridized carbons (Fsp3) is 0.235. The summed E-state index contributed by atoms with van der Waals surface area (Å²) in [5, 5.41) is 12.6. The van der Waals surface area contributed by atoms with Crippen molar-refractivity contribution in [2.24, 2.45) is 0 Å². The number of alkyl halides is 2. The number of aliphatic hydroxyl groups excluding tert-OH is 1. The summed E-state index contributed by atoms with van der Waals surface area (Å²) < 4.78 is 25.0. The second kappa shape index (κ2) is 8.64. The highest BCUT2D eigenvalue weighted by Crippen LogP contribution is 2.28. The van der Waals surface area contributed by atoms with Crippen molar-refractivity contribution < 1.29 is 18.7 Å². The second-order valence-electron chi connectivity index (χ2n) is 4.93. The van der Waals surface area contributed by atoms with E-state index in [4.69, 9.17) is 0 Å². The van der Waals surface area contributed by atoms with Crippen LogP contribution in [0.2, 0.25) is 0 Å². The number of benzene rings is 2. The number of carbonyl (C=O) groups is 1. The number of nitrogens with one attached hydrogen (secondary N) is 1. The first-order valence-electron chi connectivity index (χ1n) is 7.10. The largest absolute Gasteiger partial charge is 0.391 e. The smallest absolute Gasteiger partial charge is 0.288 e. The fourth-order valence-corrected chi connectivity index (χ4v) is 2.75. The van der Waals surface area contributed by atoms with Crippen molar-refractivity contribution in [1.29, 1.82) is 0 Å². The van der Waals surface area contributed by atoms with Crippen LogP contribution in [0, 0.1) is 0 Å². The van der Waals surface area contributed by atoms with Crippen LogP contribution in [0.1, 0.15) is 15.9 Å². The van der Waals surface area contributed by atoms with E-state index in [9.17, 15) is 18.7 Å². The zero-order valence-electron chi connectivity index (χ0n) is 12.3. The molecule has 2 N–H and O–H groups in total. The molecule has 23 heavy (non-hydrogen) atoms. The first kappa shape index (κ1) is 17.4. The number of halogens is 2. The molecule has 0 radical (unpaired) electrons. The van der Waals surface area contributed by atoms with E-state index < -0.39 is 17.8 Å². The summed E-state index contributed by atoms with van der Waals surface area (Å²) in [5.41, 5.74) is 1.15. The van der Waals surface area contributed by atoms with Crippen LogP contribution in [-0.4, -0.2) is 29.4 Å². The first-order chi connectivity index (χ1) is 11.1. The lowest BCUT2D eigenvalue weighted by atomic mass is 10.1. The Morgan fingerprint density at radius 1 is 1.09 bits per heavy atom. The Labute approximate surface area is 137 Å². The van der Waals surface area contributed by atoms with Gasteiger partial charge in [0.1, 0.15) is 0 Å². The molecule has 0 spiro atoms. The highest BCUT2D eigenvalue weighted by Gasteiger charge is 2.16. The van der Waals surface area contributed by atoms with Crippen molar-refractivity contribution in [2.45, 2.75) is 23.2 Å². The molecule has 0 fully saturated rings. The van der Waals surface area contributed by atoms with Crippen LogP contribution in [0.4, 0.5) is 8.78 Å². The molecule has 0 aliphatic carbocycles. The summed E-state index contributed by atoms with van der Waals surface area (Å²) in [6.45, 7) is 0.0570. The standard InChI is InChI=1S/C17H17F2NO2S/c18-17(19)23-15-9-5-4-8-14(15)16(22)20-11-13(21)10-12-6-2-1-3-7-12/h1-9,13,17,21H,10-11H2,(H,20,22). The average Bonchev–Trinajstić information content (AvgIpc) is 2.53. The molecule has 0 heterocycles. The number of thioether (sulfide) groups is 1. The van der Waals surface area contributed by atoms with Gasteiger partial charge in [-0.05, 0) is 17.7 Å². The van der Waals surface area contributed by atoms with Crippen molar-refractivity contribution in [2.75, 3.05) is 6.54 Å². The van der Waals surface area contributed by atoms with Gasteiger partial charge in [0.05, 0.1) is 11.7 Å². The van der Waals surface area contributed by atoms with Crippen LogP contribution in [0.5, 0.6) is 0 Å². The number of amides is 1. The molecule has 1 atom stereocenters. The predicted octanol–water partition coefficient (Wildman–Crippen LogP) is 3.33. The number of rotatable bonds is 7. The van der Waals surface area contributed by atoms with E-state index in [-0.39, 0.29) is 17.0 Å². The van der Waals surface area contributed by atoms with Gasteiger partial charge in [-0.25, -0.2) is 0 Å². The van der Waals surface area contributed by atoms with Crippen LogP contribution >= 0.6 is 11.8 Å². The third-order valence-corrected chi connectivity index (χ3v) is 3.95. The van der Waals surface area contributed by atoms with Crippen LogP contribution < -0.4 is 5.32 Å². The number of aliphatic hydroxyl groups is 1. The molecule has 0 aliphatic heterocycles. The van der Waals surface area contributed by atoms with E-state index in [1.54, 1.807) is 12.1 Å². The zero-order valence-corrected chi connectivity index (χ0v) is 13.1. The van der Waals surface area contributed by atoms with Crippen LogP contribution in [-0.2, 0) is 6.42 Å². The second-order valence-corrected chi connectivity index (χ2v) is 5.96. The quantitative estimate of drug-likeness (QED) is 0.762. The molecular formula is C17H17F2NO2S. The topological polar surface area (TPSA) is 49.3 Å². The van der Waals surface area contributed by atoms with E-state index in [1.165, 1.54) is 12.1 Å². The molecule has 3 nitrogen and oxygen atoms in total. The van der Waals surface area contributed by atoms with Crippen LogP contribution in [0.15, 0.2) is 59.5 Å². The number of carbonyl (C=O) groups excluding carboxylic acids is 1. The Bertz CT molecular complexity index is 638. The van der Waals surface area contributed by atoms with Crippen molar-refractivity contribution in [1.82, 2.24) is 5.32 Å². The SMILES string of the molecule is O=C(NCC(O)Cc1ccccc1)c1ccccc1SC(F)F. The summed E-state index contributed by atoms with van der Waals surface area (Å²) in [4.78, 5) is 12.3. The van der Waals surface area contributed by atoms with Crippen LogP contribution in [0.3, 0.4) is 0 Å². The minimum Gasteiger partial charge on any atom is -0.391 e. The van der Waals surface area contributed by atoms with Crippen molar-refractivity contribution in [3.8, 4) is 0 Å². The summed E-state index contributed by atoms with van der Waals surface area (Å²) >= 11 is 0.334. The highest BCUT2D eigenvalue weighted by molar-refractivity contribution is 7.99. The number of hydrogen-bond donors (Lipinski definition) is 2. The fourth-order valence-electron chi connectivity index (χ4n) is 2.12. The van der Waals surface area contributed by atoms with E-state index in [0.29, 0.717) is 18.2 Å². The van der Waals surface area contributed by atoms with Gasteiger partial charge < -0.3 is 10.4 Å². The summed E-state index contributed by atoms with van der Waals surface area (Å²) in [7, 11) is 0. The molecule has 2 aromatic rings. The van der Waals surface area contributed by atoms with Crippen molar-refractivity contribution >= 4 is 17.7 Å². The maximum absolute atomic E-state index is 12.5. The molecular weight excluding hydrogens is 320 g/mol. The monoisotopic (exact) mass is 337 g/mol. The maximum Gasteiger partial charge on any atom is 0.288 e. The number of hydrogen-bond acceptors (Lipinski definition) is 3. The molecule has 0 saturated heterocycles.